The van der Waals surface area contributed by atoms with Crippen LogP contribution in [-0.2, 0) is 6.54 Å². The fraction of sp³-hybridized carbons (Fsp3) is 0.455. The number of nitrogens with zero attached hydrogens (tertiary/aromatic N) is 1. The van der Waals surface area contributed by atoms with Gasteiger partial charge in [0.15, 0.2) is 0 Å². The maximum atomic E-state index is 13.1. The molecule has 0 aromatic heterocycles. The topological polar surface area (TPSA) is 35.5 Å². The normalized spacial score (nSPS) is 17.6. The summed E-state index contributed by atoms with van der Waals surface area (Å²) >= 11 is 5.72. The highest BCUT2D eigenvalue weighted by atomic mass is 35.5. The molecule has 1 saturated heterocycles. The van der Waals surface area contributed by atoms with Crippen LogP contribution in [0.25, 0.3) is 0 Å². The zero-order valence-electron chi connectivity index (χ0n) is 8.84. The van der Waals surface area contributed by atoms with Crippen molar-refractivity contribution in [1.29, 1.82) is 0 Å². The van der Waals surface area contributed by atoms with Crippen LogP contribution >= 0.6 is 11.6 Å². The van der Waals surface area contributed by atoms with E-state index in [1.165, 1.54) is 6.07 Å². The molecule has 1 fully saturated rings. The second kappa shape index (κ2) is 4.99. The van der Waals surface area contributed by atoms with Gasteiger partial charge < -0.3 is 10.4 Å². The van der Waals surface area contributed by atoms with Gasteiger partial charge in [0.05, 0.1) is 5.02 Å². The minimum atomic E-state index is -0.409. The summed E-state index contributed by atoms with van der Waals surface area (Å²) < 4.78 is 13.1. The summed E-state index contributed by atoms with van der Waals surface area (Å²) in [5.41, 5.74) is 0.548. The van der Waals surface area contributed by atoms with Crippen LogP contribution in [0.15, 0.2) is 12.1 Å². The standard InChI is InChI=1S/C11H14ClFN2O/c12-10-6-9(13)5-8(11(10)16)7-15-3-1-14-2-4-15/h5-6,14,16H,1-4,7H2. The number of hydrogen-bond acceptors (Lipinski definition) is 3. The Hall–Kier alpha value is -0.840. The Labute approximate surface area is 98.8 Å². The second-order valence-corrected chi connectivity index (χ2v) is 4.33. The SMILES string of the molecule is Oc1c(Cl)cc(F)cc1CN1CCNCC1. The highest BCUT2D eigenvalue weighted by Crippen LogP contribution is 2.29. The van der Waals surface area contributed by atoms with Crippen molar-refractivity contribution >= 4 is 11.6 Å². The molecule has 2 N–H and O–H groups in total. The van der Waals surface area contributed by atoms with E-state index in [4.69, 9.17) is 11.6 Å². The summed E-state index contributed by atoms with van der Waals surface area (Å²) in [7, 11) is 0. The van der Waals surface area contributed by atoms with Gasteiger partial charge in [-0.25, -0.2) is 4.39 Å². The first-order valence-corrected chi connectivity index (χ1v) is 5.64. The summed E-state index contributed by atoms with van der Waals surface area (Å²) in [5.74, 6) is -0.422. The molecule has 1 aliphatic heterocycles. The lowest BCUT2D eigenvalue weighted by atomic mass is 10.1. The maximum Gasteiger partial charge on any atom is 0.138 e. The van der Waals surface area contributed by atoms with Crippen LogP contribution in [0.1, 0.15) is 5.56 Å². The molecule has 5 heteroatoms. The van der Waals surface area contributed by atoms with Gasteiger partial charge in [-0.3, -0.25) is 4.90 Å². The van der Waals surface area contributed by atoms with E-state index in [1.54, 1.807) is 0 Å². The van der Waals surface area contributed by atoms with E-state index in [-0.39, 0.29) is 10.8 Å². The lowest BCUT2D eigenvalue weighted by Gasteiger charge is -2.27. The molecule has 0 saturated carbocycles. The van der Waals surface area contributed by atoms with Crippen LogP contribution < -0.4 is 5.32 Å². The average molecular weight is 245 g/mol. The molecule has 1 aliphatic rings. The van der Waals surface area contributed by atoms with E-state index in [1.807, 2.05) is 0 Å². The van der Waals surface area contributed by atoms with Crippen molar-refractivity contribution in [2.24, 2.45) is 0 Å². The Morgan fingerprint density at radius 1 is 1.38 bits per heavy atom. The average Bonchev–Trinajstić information content (AvgIpc) is 2.27. The highest BCUT2D eigenvalue weighted by molar-refractivity contribution is 6.32. The number of phenols is 1. The molecule has 0 bridgehead atoms. The number of phenolic OH excluding ortho intramolecular Hbond substituents is 1. The van der Waals surface area contributed by atoms with Crippen LogP contribution in [0.3, 0.4) is 0 Å². The molecular formula is C11H14ClFN2O. The number of benzene rings is 1. The predicted molar refractivity (Wildman–Crippen MR) is 61.2 cm³/mol. The Kier molecular flexibility index (Phi) is 3.63. The van der Waals surface area contributed by atoms with Gasteiger partial charge in [0.2, 0.25) is 0 Å². The van der Waals surface area contributed by atoms with Crippen molar-refractivity contribution in [3.63, 3.8) is 0 Å². The number of halogens is 2. The molecule has 0 unspecified atom stereocenters. The quantitative estimate of drug-likeness (QED) is 0.830. The molecule has 1 aromatic rings. The fourth-order valence-corrected chi connectivity index (χ4v) is 2.08. The monoisotopic (exact) mass is 244 g/mol. The molecule has 3 nitrogen and oxygen atoms in total. The van der Waals surface area contributed by atoms with Gasteiger partial charge in [0.25, 0.3) is 0 Å². The fourth-order valence-electron chi connectivity index (χ4n) is 1.85. The molecule has 0 atom stereocenters. The van der Waals surface area contributed by atoms with Gasteiger partial charge in [0.1, 0.15) is 11.6 Å². The summed E-state index contributed by atoms with van der Waals surface area (Å²) in [4.78, 5) is 2.15. The zero-order chi connectivity index (χ0) is 11.5. The first-order valence-electron chi connectivity index (χ1n) is 5.27. The van der Waals surface area contributed by atoms with Crippen molar-refractivity contribution in [2.75, 3.05) is 26.2 Å². The van der Waals surface area contributed by atoms with E-state index in [2.05, 4.69) is 10.2 Å². The molecule has 1 heterocycles. The molecule has 2 rings (SSSR count). The van der Waals surface area contributed by atoms with Crippen LogP contribution in [0.2, 0.25) is 5.02 Å². The summed E-state index contributed by atoms with van der Waals surface area (Å²) in [6, 6.07) is 2.46. The molecule has 0 amide bonds. The van der Waals surface area contributed by atoms with Gasteiger partial charge >= 0.3 is 0 Å². The minimum absolute atomic E-state index is 0.0124. The van der Waals surface area contributed by atoms with Crippen molar-refractivity contribution in [3.05, 3.63) is 28.5 Å². The van der Waals surface area contributed by atoms with E-state index < -0.39 is 5.82 Å². The van der Waals surface area contributed by atoms with Crippen LogP contribution in [0.4, 0.5) is 4.39 Å². The van der Waals surface area contributed by atoms with E-state index in [0.29, 0.717) is 12.1 Å². The third-order valence-corrected chi connectivity index (χ3v) is 3.00. The molecule has 1 aromatic carbocycles. The lowest BCUT2D eigenvalue weighted by Crippen LogP contribution is -2.42. The highest BCUT2D eigenvalue weighted by Gasteiger charge is 2.14. The van der Waals surface area contributed by atoms with Crippen LogP contribution in [0.5, 0.6) is 5.75 Å². The number of aromatic hydroxyl groups is 1. The van der Waals surface area contributed by atoms with Gasteiger partial charge in [-0.1, -0.05) is 11.6 Å². The predicted octanol–water partition coefficient (Wildman–Crippen LogP) is 1.59. The second-order valence-electron chi connectivity index (χ2n) is 3.92. The largest absolute Gasteiger partial charge is 0.506 e. The van der Waals surface area contributed by atoms with Crippen molar-refractivity contribution in [2.45, 2.75) is 6.54 Å². The van der Waals surface area contributed by atoms with Gasteiger partial charge in [-0.2, -0.15) is 0 Å². The van der Waals surface area contributed by atoms with Gasteiger partial charge in [-0.05, 0) is 12.1 Å². The van der Waals surface area contributed by atoms with Crippen molar-refractivity contribution in [1.82, 2.24) is 10.2 Å². The van der Waals surface area contributed by atoms with Gasteiger partial charge in [0, 0.05) is 38.3 Å². The Morgan fingerprint density at radius 3 is 2.75 bits per heavy atom. The molecule has 0 radical (unpaired) electrons. The van der Waals surface area contributed by atoms with Crippen molar-refractivity contribution < 1.29 is 9.50 Å². The summed E-state index contributed by atoms with van der Waals surface area (Å²) in [6.45, 7) is 4.17. The number of hydrogen-bond donors (Lipinski definition) is 2. The number of piperazine rings is 1. The number of nitrogens with one attached hydrogen (secondary N) is 1. The summed E-state index contributed by atoms with van der Waals surface area (Å²) in [6.07, 6.45) is 0. The van der Waals surface area contributed by atoms with Crippen LogP contribution in [0, 0.1) is 5.82 Å². The Balaban J connectivity index is 2.13. The van der Waals surface area contributed by atoms with E-state index >= 15 is 0 Å². The smallest absolute Gasteiger partial charge is 0.138 e. The molecule has 0 spiro atoms. The first-order chi connectivity index (χ1) is 7.66. The molecule has 0 aliphatic carbocycles. The molecular weight excluding hydrogens is 231 g/mol. The Bertz CT molecular complexity index is 380. The van der Waals surface area contributed by atoms with E-state index in [9.17, 15) is 9.50 Å². The van der Waals surface area contributed by atoms with Crippen molar-refractivity contribution in [3.8, 4) is 5.75 Å². The van der Waals surface area contributed by atoms with E-state index in [0.717, 1.165) is 32.2 Å². The third kappa shape index (κ3) is 2.64. The first kappa shape index (κ1) is 11.6. The molecule has 16 heavy (non-hydrogen) atoms. The zero-order valence-corrected chi connectivity index (χ0v) is 9.60. The summed E-state index contributed by atoms with van der Waals surface area (Å²) in [5, 5.41) is 13.0. The Morgan fingerprint density at radius 2 is 2.06 bits per heavy atom. The van der Waals surface area contributed by atoms with Gasteiger partial charge in [-0.15, -0.1) is 0 Å². The lowest BCUT2D eigenvalue weighted by molar-refractivity contribution is 0.230. The molecule has 88 valence electrons. The minimum Gasteiger partial charge on any atom is -0.506 e. The van der Waals surface area contributed by atoms with Crippen LogP contribution in [-0.4, -0.2) is 36.2 Å². The third-order valence-electron chi connectivity index (χ3n) is 2.71. The maximum absolute atomic E-state index is 13.1. The number of rotatable bonds is 2.